The van der Waals surface area contributed by atoms with E-state index in [0.717, 1.165) is 51.0 Å². The fourth-order valence-electron chi connectivity index (χ4n) is 3.87. The Bertz CT molecular complexity index is 536. The highest BCUT2D eigenvalue weighted by Gasteiger charge is 2.33. The molecule has 1 saturated carbocycles. The summed E-state index contributed by atoms with van der Waals surface area (Å²) in [5.74, 6) is 1.79. The zero-order valence-corrected chi connectivity index (χ0v) is 17.7. The molecule has 3 rings (SSSR count). The maximum absolute atomic E-state index is 12.5. The molecule has 2 aliphatic rings. The van der Waals surface area contributed by atoms with Gasteiger partial charge in [-0.05, 0) is 56.7 Å². The lowest BCUT2D eigenvalue weighted by molar-refractivity contribution is -0.126. The molecule has 8 heteroatoms. The minimum atomic E-state index is 0. The summed E-state index contributed by atoms with van der Waals surface area (Å²) in [6, 6.07) is 4.48. The summed E-state index contributed by atoms with van der Waals surface area (Å²) in [7, 11) is 0. The maximum atomic E-state index is 12.5. The maximum Gasteiger partial charge on any atom is 0.223 e. The molecule has 150 valence electrons. The number of rotatable bonds is 4. The lowest BCUT2D eigenvalue weighted by atomic mass is 9.94. The van der Waals surface area contributed by atoms with Gasteiger partial charge in [-0.15, -0.1) is 37.2 Å². The number of nitrogens with one attached hydrogen (secondary N) is 1. The molecule has 3 N–H and O–H groups in total. The van der Waals surface area contributed by atoms with Crippen molar-refractivity contribution in [2.75, 3.05) is 24.5 Å². The van der Waals surface area contributed by atoms with Crippen LogP contribution in [0.3, 0.4) is 0 Å². The van der Waals surface area contributed by atoms with Gasteiger partial charge in [0.1, 0.15) is 5.82 Å². The molecule has 1 aromatic heterocycles. The van der Waals surface area contributed by atoms with E-state index in [2.05, 4.69) is 34.3 Å². The van der Waals surface area contributed by atoms with Crippen molar-refractivity contribution in [1.29, 1.82) is 0 Å². The molecular formula is C18H31Cl3N4O. The lowest BCUT2D eigenvalue weighted by Gasteiger charge is -2.34. The quantitative estimate of drug-likeness (QED) is 0.777. The van der Waals surface area contributed by atoms with Crippen molar-refractivity contribution in [3.8, 4) is 0 Å². The first-order valence-corrected chi connectivity index (χ1v) is 8.85. The molecule has 2 atom stereocenters. The number of amides is 1. The third-order valence-electron chi connectivity index (χ3n) is 5.36. The molecule has 2 heterocycles. The fourth-order valence-corrected chi connectivity index (χ4v) is 3.87. The largest absolute Gasteiger partial charge is 0.356 e. The van der Waals surface area contributed by atoms with Gasteiger partial charge in [0.05, 0.1) is 0 Å². The molecule has 1 aliphatic heterocycles. The molecule has 0 spiro atoms. The Labute approximate surface area is 175 Å². The Balaban J connectivity index is 0.00000208. The summed E-state index contributed by atoms with van der Waals surface area (Å²) >= 11 is 0. The first kappa shape index (κ1) is 25.2. The molecule has 0 bridgehead atoms. The lowest BCUT2D eigenvalue weighted by Crippen LogP contribution is -2.47. The molecule has 0 radical (unpaired) electrons. The van der Waals surface area contributed by atoms with Gasteiger partial charge in [0.15, 0.2) is 0 Å². The second-order valence-electron chi connectivity index (χ2n) is 7.00. The third-order valence-corrected chi connectivity index (χ3v) is 5.36. The number of anilines is 1. The fraction of sp³-hybridized carbons (Fsp3) is 0.667. The molecule has 26 heavy (non-hydrogen) atoms. The monoisotopic (exact) mass is 424 g/mol. The summed E-state index contributed by atoms with van der Waals surface area (Å²) in [5.41, 5.74) is 6.98. The average molecular weight is 426 g/mol. The van der Waals surface area contributed by atoms with E-state index in [0.29, 0.717) is 18.5 Å². The standard InChI is InChI=1S/C18H28N4O.3ClH/c1-13-5-6-17(20-12-13)22-9-7-15(8-10-22)21-18(23)16-4-2-3-14(16)11-19;;;/h5-6,12,14-16H,2-4,7-11,19H2,1H3,(H,21,23);3*1H/t14-,16-;;;/m1.../s1. The van der Waals surface area contributed by atoms with Gasteiger partial charge in [-0.2, -0.15) is 0 Å². The van der Waals surface area contributed by atoms with Crippen LogP contribution in [0.15, 0.2) is 18.3 Å². The first-order chi connectivity index (χ1) is 11.2. The van der Waals surface area contributed by atoms with E-state index >= 15 is 0 Å². The van der Waals surface area contributed by atoms with Gasteiger partial charge in [0.2, 0.25) is 5.91 Å². The summed E-state index contributed by atoms with van der Waals surface area (Å²) in [5, 5.41) is 3.26. The minimum absolute atomic E-state index is 0. The van der Waals surface area contributed by atoms with Crippen molar-refractivity contribution in [2.24, 2.45) is 17.6 Å². The van der Waals surface area contributed by atoms with Gasteiger partial charge in [0.25, 0.3) is 0 Å². The van der Waals surface area contributed by atoms with Crippen molar-refractivity contribution in [3.63, 3.8) is 0 Å². The van der Waals surface area contributed by atoms with Crippen LogP contribution in [0.4, 0.5) is 5.82 Å². The average Bonchev–Trinajstić information content (AvgIpc) is 3.05. The molecule has 5 nitrogen and oxygen atoms in total. The van der Waals surface area contributed by atoms with Gasteiger partial charge in [0, 0.05) is 31.2 Å². The highest BCUT2D eigenvalue weighted by molar-refractivity contribution is 5.86. The van der Waals surface area contributed by atoms with Crippen molar-refractivity contribution in [1.82, 2.24) is 10.3 Å². The molecule has 0 aromatic carbocycles. The number of nitrogens with zero attached hydrogens (tertiary/aromatic N) is 2. The molecule has 2 fully saturated rings. The predicted octanol–water partition coefficient (Wildman–Crippen LogP) is 3.12. The van der Waals surface area contributed by atoms with Gasteiger partial charge < -0.3 is 16.0 Å². The minimum Gasteiger partial charge on any atom is -0.356 e. The molecule has 1 saturated heterocycles. The van der Waals surface area contributed by atoms with E-state index in [4.69, 9.17) is 5.73 Å². The van der Waals surface area contributed by atoms with Crippen LogP contribution < -0.4 is 16.0 Å². The number of hydrogen-bond donors (Lipinski definition) is 2. The number of piperidine rings is 1. The van der Waals surface area contributed by atoms with E-state index in [9.17, 15) is 4.79 Å². The summed E-state index contributed by atoms with van der Waals surface area (Å²) in [6.07, 6.45) is 7.13. The second kappa shape index (κ2) is 11.9. The van der Waals surface area contributed by atoms with Crippen LogP contribution in [0.25, 0.3) is 0 Å². The highest BCUT2D eigenvalue weighted by atomic mass is 35.5. The zero-order chi connectivity index (χ0) is 16.2. The third kappa shape index (κ3) is 6.15. The molecule has 1 aliphatic carbocycles. The Morgan fingerprint density at radius 2 is 1.88 bits per heavy atom. The topological polar surface area (TPSA) is 71.2 Å². The SMILES string of the molecule is Cc1ccc(N2CCC(NC(=O)[C@@H]3CCC[C@@H]3CN)CC2)nc1.Cl.Cl.Cl. The second-order valence-corrected chi connectivity index (χ2v) is 7.00. The van der Waals surface area contributed by atoms with Crippen LogP contribution >= 0.6 is 37.2 Å². The smallest absolute Gasteiger partial charge is 0.223 e. The Morgan fingerprint density at radius 3 is 2.46 bits per heavy atom. The van der Waals surface area contributed by atoms with Crippen LogP contribution in [0.2, 0.25) is 0 Å². The number of carbonyl (C=O) groups excluding carboxylic acids is 1. The highest BCUT2D eigenvalue weighted by Crippen LogP contribution is 2.31. The number of halogens is 3. The molecule has 1 amide bonds. The Hall–Kier alpha value is -0.750. The predicted molar refractivity (Wildman–Crippen MR) is 114 cm³/mol. The molecular weight excluding hydrogens is 395 g/mol. The van der Waals surface area contributed by atoms with Crippen LogP contribution in [-0.2, 0) is 4.79 Å². The van der Waals surface area contributed by atoms with Crippen LogP contribution in [0.5, 0.6) is 0 Å². The number of hydrogen-bond acceptors (Lipinski definition) is 4. The van der Waals surface area contributed by atoms with E-state index in [1.54, 1.807) is 0 Å². The van der Waals surface area contributed by atoms with Gasteiger partial charge in [-0.25, -0.2) is 4.98 Å². The molecule has 0 unspecified atom stereocenters. The number of nitrogens with two attached hydrogens (primary N) is 1. The number of carbonyl (C=O) groups is 1. The summed E-state index contributed by atoms with van der Waals surface area (Å²) in [4.78, 5) is 19.3. The number of aryl methyl sites for hydroxylation is 1. The summed E-state index contributed by atoms with van der Waals surface area (Å²) in [6.45, 7) is 4.59. The summed E-state index contributed by atoms with van der Waals surface area (Å²) < 4.78 is 0. The van der Waals surface area contributed by atoms with Crippen LogP contribution in [-0.4, -0.2) is 36.6 Å². The first-order valence-electron chi connectivity index (χ1n) is 8.85. The number of pyridine rings is 1. The van der Waals surface area contributed by atoms with Crippen molar-refractivity contribution in [3.05, 3.63) is 23.9 Å². The van der Waals surface area contributed by atoms with E-state index < -0.39 is 0 Å². The molecule has 1 aromatic rings. The van der Waals surface area contributed by atoms with E-state index in [-0.39, 0.29) is 49.0 Å². The van der Waals surface area contributed by atoms with Gasteiger partial charge >= 0.3 is 0 Å². The van der Waals surface area contributed by atoms with E-state index in [1.165, 1.54) is 5.56 Å². The normalized spacial score (nSPS) is 22.6. The van der Waals surface area contributed by atoms with E-state index in [1.807, 2.05) is 6.20 Å². The van der Waals surface area contributed by atoms with Crippen molar-refractivity contribution >= 4 is 48.9 Å². The Kier molecular flexibility index (Phi) is 11.5. The van der Waals surface area contributed by atoms with Crippen LogP contribution in [0.1, 0.15) is 37.7 Å². The number of aromatic nitrogens is 1. The van der Waals surface area contributed by atoms with Crippen molar-refractivity contribution in [2.45, 2.75) is 45.1 Å². The van der Waals surface area contributed by atoms with Gasteiger partial charge in [-0.3, -0.25) is 4.79 Å². The van der Waals surface area contributed by atoms with Crippen molar-refractivity contribution < 1.29 is 4.79 Å². The Morgan fingerprint density at radius 1 is 1.19 bits per heavy atom. The zero-order valence-electron chi connectivity index (χ0n) is 15.2. The van der Waals surface area contributed by atoms with Gasteiger partial charge in [-0.1, -0.05) is 12.5 Å². The van der Waals surface area contributed by atoms with Crippen LogP contribution in [0, 0.1) is 18.8 Å².